The van der Waals surface area contributed by atoms with Crippen LogP contribution in [0, 0.1) is 16.0 Å². The van der Waals surface area contributed by atoms with Crippen LogP contribution in [0.25, 0.3) is 0 Å². The fourth-order valence-electron chi connectivity index (χ4n) is 2.94. The number of furan rings is 1. The minimum Gasteiger partial charge on any atom is -0.404 e. The average molecular weight is 251 g/mol. The molecule has 98 valence electrons. The molecule has 2 aliphatic rings. The molecule has 1 aliphatic heterocycles. The van der Waals surface area contributed by atoms with Crippen molar-refractivity contribution in [1.29, 1.82) is 0 Å². The number of nitrogens with two attached hydrogens (primary N) is 1. The first kappa shape index (κ1) is 11.7. The number of hydrogen-bond donors (Lipinski definition) is 1. The van der Waals surface area contributed by atoms with E-state index in [9.17, 15) is 10.1 Å². The molecule has 0 amide bonds. The van der Waals surface area contributed by atoms with Gasteiger partial charge < -0.3 is 10.2 Å². The van der Waals surface area contributed by atoms with E-state index >= 15 is 0 Å². The van der Waals surface area contributed by atoms with Crippen molar-refractivity contribution in [3.05, 3.63) is 28.0 Å². The first-order valence-electron chi connectivity index (χ1n) is 6.40. The Balaban J connectivity index is 1.87. The molecule has 1 aromatic heterocycles. The molecule has 0 radical (unpaired) electrons. The molecule has 6 nitrogen and oxygen atoms in total. The highest BCUT2D eigenvalue weighted by Gasteiger charge is 2.43. The lowest BCUT2D eigenvalue weighted by molar-refractivity contribution is -0.402. The molecule has 2 atom stereocenters. The molecule has 1 aromatic rings. The van der Waals surface area contributed by atoms with Gasteiger partial charge in [-0.25, -0.2) is 0 Å². The topological polar surface area (TPSA) is 85.5 Å². The lowest BCUT2D eigenvalue weighted by Gasteiger charge is -2.25. The van der Waals surface area contributed by atoms with Crippen LogP contribution in [0.15, 0.2) is 16.5 Å². The average Bonchev–Trinajstić information content (AvgIpc) is 2.94. The second-order valence-electron chi connectivity index (χ2n) is 5.13. The van der Waals surface area contributed by atoms with Crippen molar-refractivity contribution in [3.8, 4) is 0 Å². The van der Waals surface area contributed by atoms with Gasteiger partial charge in [0.25, 0.3) is 0 Å². The molecule has 2 fully saturated rings. The summed E-state index contributed by atoms with van der Waals surface area (Å²) in [5.41, 5.74) is 5.81. The van der Waals surface area contributed by atoms with Gasteiger partial charge in [0.2, 0.25) is 0 Å². The lowest BCUT2D eigenvalue weighted by atomic mass is 9.98. The summed E-state index contributed by atoms with van der Waals surface area (Å²) in [6.07, 6.45) is 3.49. The summed E-state index contributed by atoms with van der Waals surface area (Å²) in [6, 6.07) is 3.91. The summed E-state index contributed by atoms with van der Waals surface area (Å²) >= 11 is 0. The van der Waals surface area contributed by atoms with Gasteiger partial charge in [-0.05, 0) is 44.3 Å². The van der Waals surface area contributed by atoms with E-state index in [1.165, 1.54) is 18.9 Å². The number of rotatable bonds is 4. The number of likely N-dealkylation sites (tertiary alicyclic amines) is 1. The number of hydrogen-bond acceptors (Lipinski definition) is 5. The van der Waals surface area contributed by atoms with Crippen LogP contribution < -0.4 is 5.73 Å². The molecule has 0 bridgehead atoms. The van der Waals surface area contributed by atoms with Crippen molar-refractivity contribution in [3.63, 3.8) is 0 Å². The normalized spacial score (nSPS) is 28.7. The predicted molar refractivity (Wildman–Crippen MR) is 65.0 cm³/mol. The molecule has 6 heteroatoms. The van der Waals surface area contributed by atoms with Crippen LogP contribution in [0.3, 0.4) is 0 Å². The van der Waals surface area contributed by atoms with E-state index < -0.39 is 4.92 Å². The Morgan fingerprint density at radius 1 is 1.44 bits per heavy atom. The summed E-state index contributed by atoms with van der Waals surface area (Å²) in [4.78, 5) is 12.6. The van der Waals surface area contributed by atoms with Crippen molar-refractivity contribution in [1.82, 2.24) is 4.90 Å². The monoisotopic (exact) mass is 251 g/mol. The summed E-state index contributed by atoms with van der Waals surface area (Å²) in [6.45, 7) is 1.62. The Labute approximate surface area is 105 Å². The van der Waals surface area contributed by atoms with Crippen LogP contribution in [-0.2, 0) is 0 Å². The Hall–Kier alpha value is -1.40. The molecular formula is C12H17N3O3. The van der Waals surface area contributed by atoms with Gasteiger partial charge in [0.1, 0.15) is 10.7 Å². The maximum absolute atomic E-state index is 10.7. The molecule has 2 N–H and O–H groups in total. The molecule has 1 saturated carbocycles. The van der Waals surface area contributed by atoms with Crippen molar-refractivity contribution in [2.75, 3.05) is 13.1 Å². The molecule has 2 heterocycles. The Morgan fingerprint density at radius 3 is 2.78 bits per heavy atom. The first-order valence-corrected chi connectivity index (χ1v) is 6.40. The van der Waals surface area contributed by atoms with Crippen LogP contribution in [0.1, 0.15) is 31.1 Å². The quantitative estimate of drug-likeness (QED) is 0.649. The molecule has 18 heavy (non-hydrogen) atoms. The molecule has 0 spiro atoms. The van der Waals surface area contributed by atoms with Crippen LogP contribution in [0.5, 0.6) is 0 Å². The Morgan fingerprint density at radius 2 is 2.22 bits per heavy atom. The largest absolute Gasteiger partial charge is 0.433 e. The first-order chi connectivity index (χ1) is 8.70. The standard InChI is InChI=1S/C12H17N3O3/c13-7-8-5-6-14(9-1-2-9)12(8)10-3-4-11(18-10)15(16)17/h3-4,8-9,12H,1-2,5-7,13H2. The highest BCUT2D eigenvalue weighted by Crippen LogP contribution is 2.44. The third-order valence-electron chi connectivity index (χ3n) is 3.96. The zero-order valence-corrected chi connectivity index (χ0v) is 10.1. The van der Waals surface area contributed by atoms with E-state index in [0.717, 1.165) is 13.0 Å². The summed E-state index contributed by atoms with van der Waals surface area (Å²) in [7, 11) is 0. The van der Waals surface area contributed by atoms with Gasteiger partial charge in [-0.2, -0.15) is 0 Å². The molecular weight excluding hydrogens is 234 g/mol. The fourth-order valence-corrected chi connectivity index (χ4v) is 2.94. The van der Waals surface area contributed by atoms with Crippen LogP contribution >= 0.6 is 0 Å². The minimum absolute atomic E-state index is 0.121. The molecule has 2 unspecified atom stereocenters. The summed E-state index contributed by atoms with van der Waals surface area (Å²) < 4.78 is 5.37. The Bertz CT molecular complexity index is 455. The van der Waals surface area contributed by atoms with Gasteiger partial charge in [-0.15, -0.1) is 0 Å². The highest BCUT2D eigenvalue weighted by atomic mass is 16.6. The van der Waals surface area contributed by atoms with Crippen molar-refractivity contribution in [2.45, 2.75) is 31.3 Å². The van der Waals surface area contributed by atoms with E-state index in [0.29, 0.717) is 24.3 Å². The zero-order valence-electron chi connectivity index (χ0n) is 10.1. The third-order valence-corrected chi connectivity index (χ3v) is 3.96. The lowest BCUT2D eigenvalue weighted by Crippen LogP contribution is -2.29. The summed E-state index contributed by atoms with van der Waals surface area (Å²) in [5, 5.41) is 10.7. The van der Waals surface area contributed by atoms with E-state index in [1.807, 2.05) is 0 Å². The SMILES string of the molecule is NCC1CCN(C2CC2)C1c1ccc([N+](=O)[O-])o1. The van der Waals surface area contributed by atoms with E-state index in [2.05, 4.69) is 4.90 Å². The van der Waals surface area contributed by atoms with Gasteiger partial charge in [0.05, 0.1) is 12.1 Å². The van der Waals surface area contributed by atoms with Gasteiger partial charge in [0.15, 0.2) is 0 Å². The smallest absolute Gasteiger partial charge is 0.404 e. The molecule has 0 aromatic carbocycles. The molecule has 1 aliphatic carbocycles. The van der Waals surface area contributed by atoms with Gasteiger partial charge >= 0.3 is 5.88 Å². The van der Waals surface area contributed by atoms with E-state index in [1.54, 1.807) is 6.07 Å². The maximum Gasteiger partial charge on any atom is 0.433 e. The second-order valence-corrected chi connectivity index (χ2v) is 5.13. The predicted octanol–water partition coefficient (Wildman–Crippen LogP) is 1.67. The molecule has 3 rings (SSSR count). The van der Waals surface area contributed by atoms with E-state index in [-0.39, 0.29) is 11.9 Å². The summed E-state index contributed by atoms with van der Waals surface area (Å²) in [5.74, 6) is 0.862. The van der Waals surface area contributed by atoms with Crippen molar-refractivity contribution in [2.24, 2.45) is 11.7 Å². The van der Waals surface area contributed by atoms with Crippen molar-refractivity contribution >= 4 is 5.88 Å². The third kappa shape index (κ3) is 1.91. The molecule has 1 saturated heterocycles. The van der Waals surface area contributed by atoms with Crippen LogP contribution in [0.4, 0.5) is 5.88 Å². The number of nitro groups is 1. The van der Waals surface area contributed by atoms with Crippen molar-refractivity contribution < 1.29 is 9.34 Å². The maximum atomic E-state index is 10.7. The van der Waals surface area contributed by atoms with Gasteiger partial charge in [0, 0.05) is 6.04 Å². The zero-order chi connectivity index (χ0) is 12.7. The highest BCUT2D eigenvalue weighted by molar-refractivity contribution is 5.22. The Kier molecular flexibility index (Phi) is 2.83. The van der Waals surface area contributed by atoms with Gasteiger partial charge in [-0.1, -0.05) is 0 Å². The minimum atomic E-state index is -0.489. The second kappa shape index (κ2) is 4.37. The van der Waals surface area contributed by atoms with Gasteiger partial charge in [-0.3, -0.25) is 15.0 Å². The van der Waals surface area contributed by atoms with Crippen LogP contribution in [-0.4, -0.2) is 29.0 Å². The number of nitrogens with zero attached hydrogens (tertiary/aromatic N) is 2. The van der Waals surface area contributed by atoms with E-state index in [4.69, 9.17) is 10.2 Å². The van der Waals surface area contributed by atoms with Crippen LogP contribution in [0.2, 0.25) is 0 Å². The fraction of sp³-hybridized carbons (Fsp3) is 0.667.